The van der Waals surface area contributed by atoms with Gasteiger partial charge in [-0.3, -0.25) is 15.1 Å². The van der Waals surface area contributed by atoms with Gasteiger partial charge < -0.3 is 15.1 Å². The van der Waals surface area contributed by atoms with Crippen molar-refractivity contribution in [2.45, 2.75) is 24.8 Å². The number of nitro benzene ring substituents is 1. The number of hydrogen-bond donors (Lipinski definition) is 2. The number of nitro groups is 1. The molecule has 30 heavy (non-hydrogen) atoms. The first-order valence-corrected chi connectivity index (χ1v) is 10.1. The predicted octanol–water partition coefficient (Wildman–Crippen LogP) is 3.12. The van der Waals surface area contributed by atoms with Gasteiger partial charge in [0.1, 0.15) is 12.1 Å². The molecule has 2 aromatic heterocycles. The van der Waals surface area contributed by atoms with Crippen LogP contribution in [0.25, 0.3) is 11.5 Å². The number of anilines is 1. The molecule has 0 unspecified atom stereocenters. The molecule has 12 heteroatoms. The van der Waals surface area contributed by atoms with Gasteiger partial charge in [-0.1, -0.05) is 11.8 Å². The number of thioether (sulfide) groups is 1. The highest BCUT2D eigenvalue weighted by Gasteiger charge is 2.13. The maximum atomic E-state index is 10.8. The Bertz CT molecular complexity index is 1020. The summed E-state index contributed by atoms with van der Waals surface area (Å²) < 4.78 is 5.66. The van der Waals surface area contributed by atoms with Crippen LogP contribution in [0.15, 0.2) is 51.4 Å². The summed E-state index contributed by atoms with van der Waals surface area (Å²) in [5.74, 6) is 2.07. The van der Waals surface area contributed by atoms with Gasteiger partial charge in [-0.05, 0) is 26.0 Å². The van der Waals surface area contributed by atoms with Crippen LogP contribution in [0, 0.1) is 10.1 Å². The van der Waals surface area contributed by atoms with Gasteiger partial charge in [-0.15, -0.1) is 10.2 Å². The molecule has 3 rings (SSSR count). The maximum Gasteiger partial charge on any atom is 0.277 e. The average Bonchev–Trinajstić information content (AvgIpc) is 3.22. The van der Waals surface area contributed by atoms with E-state index < -0.39 is 4.92 Å². The summed E-state index contributed by atoms with van der Waals surface area (Å²) in [5.41, 5.74) is 1.45. The van der Waals surface area contributed by atoms with Crippen LogP contribution < -0.4 is 10.6 Å². The number of aliphatic imine (C=N–C) groups is 1. The highest BCUT2D eigenvalue weighted by molar-refractivity contribution is 7.98. The van der Waals surface area contributed by atoms with E-state index in [0.717, 1.165) is 12.1 Å². The summed E-state index contributed by atoms with van der Waals surface area (Å²) >= 11 is 1.34. The molecule has 0 bridgehead atoms. The van der Waals surface area contributed by atoms with Crippen molar-refractivity contribution >= 4 is 29.2 Å². The van der Waals surface area contributed by atoms with Gasteiger partial charge in [0, 0.05) is 48.3 Å². The van der Waals surface area contributed by atoms with Crippen molar-refractivity contribution in [1.29, 1.82) is 0 Å². The summed E-state index contributed by atoms with van der Waals surface area (Å²) in [6, 6.07) is 5.93. The molecule has 2 heterocycles. The van der Waals surface area contributed by atoms with Crippen LogP contribution in [0.2, 0.25) is 0 Å². The molecule has 0 atom stereocenters. The Hall–Kier alpha value is -3.54. The second-order valence-electron chi connectivity index (χ2n) is 5.84. The summed E-state index contributed by atoms with van der Waals surface area (Å²) in [6.07, 6.45) is 3.18. The summed E-state index contributed by atoms with van der Waals surface area (Å²) in [4.78, 5) is 23.0. The lowest BCUT2D eigenvalue weighted by Crippen LogP contribution is -2.31. The number of aromatic nitrogens is 4. The molecule has 0 amide bonds. The van der Waals surface area contributed by atoms with E-state index in [1.807, 2.05) is 13.8 Å². The van der Waals surface area contributed by atoms with E-state index in [2.05, 4.69) is 35.8 Å². The second kappa shape index (κ2) is 10.3. The van der Waals surface area contributed by atoms with Gasteiger partial charge in [-0.2, -0.15) is 0 Å². The number of benzene rings is 1. The van der Waals surface area contributed by atoms with Crippen molar-refractivity contribution in [3.8, 4) is 11.5 Å². The molecule has 2 N–H and O–H groups in total. The normalized spacial score (nSPS) is 11.3. The zero-order valence-electron chi connectivity index (χ0n) is 16.4. The van der Waals surface area contributed by atoms with Gasteiger partial charge in [0.2, 0.25) is 5.89 Å². The number of non-ortho nitro benzene ring substituents is 1. The van der Waals surface area contributed by atoms with Crippen LogP contribution >= 0.6 is 11.8 Å². The molecule has 0 radical (unpaired) electrons. The SMILES string of the molecule is CCN=C(NCC)Nc1ncncc1CSc1nnc(-c2ccc([N+](=O)[O-])cc2)o1. The molecule has 0 saturated heterocycles. The molecule has 0 aliphatic heterocycles. The number of guanidine groups is 1. The molecule has 3 aromatic rings. The van der Waals surface area contributed by atoms with Crippen LogP contribution in [0.1, 0.15) is 19.4 Å². The van der Waals surface area contributed by atoms with Crippen LogP contribution in [0.3, 0.4) is 0 Å². The molecule has 0 aliphatic rings. The molecule has 1 aromatic carbocycles. The number of nitrogens with one attached hydrogen (secondary N) is 2. The minimum absolute atomic E-state index is 0.000477. The molecule has 0 saturated carbocycles. The first-order chi connectivity index (χ1) is 14.6. The highest BCUT2D eigenvalue weighted by Crippen LogP contribution is 2.28. The maximum absolute atomic E-state index is 10.8. The van der Waals surface area contributed by atoms with Gasteiger partial charge in [0.25, 0.3) is 10.9 Å². The van der Waals surface area contributed by atoms with Crippen molar-refractivity contribution in [1.82, 2.24) is 25.5 Å². The second-order valence-corrected chi connectivity index (χ2v) is 6.77. The van der Waals surface area contributed by atoms with Gasteiger partial charge in [-0.25, -0.2) is 9.97 Å². The summed E-state index contributed by atoms with van der Waals surface area (Å²) in [6.45, 7) is 5.31. The number of rotatable bonds is 8. The van der Waals surface area contributed by atoms with Gasteiger partial charge >= 0.3 is 0 Å². The smallest absolute Gasteiger partial charge is 0.277 e. The van der Waals surface area contributed by atoms with Crippen LogP contribution in [0.5, 0.6) is 0 Å². The standard InChI is InChI=1S/C18H20N8O3S/c1-3-20-17(21-4-2)23-15-13(9-19-11-22-15)10-30-18-25-24-16(29-18)12-5-7-14(8-6-12)26(27)28/h5-9,11H,3-4,10H2,1-2H3,(H2,19,20,21,22,23). The zero-order chi connectivity index (χ0) is 21.3. The Morgan fingerprint density at radius 2 is 2.07 bits per heavy atom. The molecule has 156 valence electrons. The van der Waals surface area contributed by atoms with Gasteiger partial charge in [0.15, 0.2) is 5.96 Å². The van der Waals surface area contributed by atoms with Crippen molar-refractivity contribution in [3.63, 3.8) is 0 Å². The van der Waals surface area contributed by atoms with Crippen molar-refractivity contribution in [2.75, 3.05) is 18.4 Å². The lowest BCUT2D eigenvalue weighted by atomic mass is 10.2. The van der Waals surface area contributed by atoms with Crippen LogP contribution in [0.4, 0.5) is 11.5 Å². The van der Waals surface area contributed by atoms with Crippen molar-refractivity contribution < 1.29 is 9.34 Å². The number of nitrogens with zero attached hydrogens (tertiary/aromatic N) is 6. The Balaban J connectivity index is 1.68. The largest absolute Gasteiger partial charge is 0.411 e. The van der Waals surface area contributed by atoms with E-state index in [1.165, 1.54) is 30.2 Å². The molecule has 0 aliphatic carbocycles. The predicted molar refractivity (Wildman–Crippen MR) is 113 cm³/mol. The average molecular weight is 428 g/mol. The Kier molecular flexibility index (Phi) is 7.27. The Labute approximate surface area is 176 Å². The third-order valence-corrected chi connectivity index (χ3v) is 4.64. The Morgan fingerprint density at radius 3 is 2.77 bits per heavy atom. The number of hydrogen-bond acceptors (Lipinski definition) is 9. The zero-order valence-corrected chi connectivity index (χ0v) is 17.2. The third-order valence-electron chi connectivity index (χ3n) is 3.77. The van der Waals surface area contributed by atoms with Crippen molar-refractivity contribution in [2.24, 2.45) is 4.99 Å². The van der Waals surface area contributed by atoms with Crippen LogP contribution in [-0.2, 0) is 5.75 Å². The van der Waals surface area contributed by atoms with Crippen molar-refractivity contribution in [3.05, 3.63) is 52.5 Å². The molecular weight excluding hydrogens is 408 g/mol. The van der Waals surface area contributed by atoms with E-state index in [9.17, 15) is 10.1 Å². The molecule has 0 spiro atoms. The fourth-order valence-electron chi connectivity index (χ4n) is 2.40. The fraction of sp³-hybridized carbons (Fsp3) is 0.278. The monoisotopic (exact) mass is 428 g/mol. The summed E-state index contributed by atoms with van der Waals surface area (Å²) in [7, 11) is 0. The molecular formula is C18H20N8O3S. The third kappa shape index (κ3) is 5.50. The first kappa shape index (κ1) is 21.2. The first-order valence-electron chi connectivity index (χ1n) is 9.16. The summed E-state index contributed by atoms with van der Waals surface area (Å²) in [5, 5.41) is 25.5. The quantitative estimate of drug-likeness (QED) is 0.180. The fourth-order valence-corrected chi connectivity index (χ4v) is 3.13. The van der Waals surface area contributed by atoms with E-state index in [1.54, 1.807) is 18.3 Å². The van der Waals surface area contributed by atoms with E-state index >= 15 is 0 Å². The Morgan fingerprint density at radius 1 is 1.27 bits per heavy atom. The minimum atomic E-state index is -0.459. The van der Waals surface area contributed by atoms with E-state index in [4.69, 9.17) is 4.42 Å². The highest BCUT2D eigenvalue weighted by atomic mass is 32.2. The minimum Gasteiger partial charge on any atom is -0.411 e. The topological polar surface area (TPSA) is 144 Å². The van der Waals surface area contributed by atoms with Gasteiger partial charge in [0.05, 0.1) is 4.92 Å². The molecule has 11 nitrogen and oxygen atoms in total. The lowest BCUT2D eigenvalue weighted by Gasteiger charge is -2.12. The lowest BCUT2D eigenvalue weighted by molar-refractivity contribution is -0.384. The van der Waals surface area contributed by atoms with E-state index in [0.29, 0.717) is 40.8 Å². The molecule has 0 fully saturated rings. The van der Waals surface area contributed by atoms with E-state index in [-0.39, 0.29) is 5.69 Å². The van der Waals surface area contributed by atoms with Crippen LogP contribution in [-0.4, -0.2) is 44.1 Å².